The lowest BCUT2D eigenvalue weighted by atomic mass is 10.3. The number of halogens is 4. The van der Waals surface area contributed by atoms with Gasteiger partial charge in [-0.3, -0.25) is 0 Å². The van der Waals surface area contributed by atoms with Crippen molar-refractivity contribution in [3.05, 3.63) is 26.2 Å². The summed E-state index contributed by atoms with van der Waals surface area (Å²) in [5.41, 5.74) is 0.0378. The van der Waals surface area contributed by atoms with Crippen LogP contribution in [0.5, 0.6) is 0 Å². The van der Waals surface area contributed by atoms with Crippen molar-refractivity contribution in [2.45, 2.75) is 0 Å². The van der Waals surface area contributed by atoms with Crippen LogP contribution in [-0.2, 0) is 4.79 Å². The van der Waals surface area contributed by atoms with Crippen molar-refractivity contribution >= 4 is 58.2 Å². The molecule has 0 saturated heterocycles. The first-order valence-corrected chi connectivity index (χ1v) is 4.50. The summed E-state index contributed by atoms with van der Waals surface area (Å²) in [5, 5.41) is 0.536. The van der Waals surface area contributed by atoms with E-state index >= 15 is 0 Å². The highest BCUT2D eigenvalue weighted by molar-refractivity contribution is 6.49. The fourth-order valence-corrected chi connectivity index (χ4v) is 1.59. The fraction of sp³-hybridized carbons (Fsp3) is 0. The third-order valence-electron chi connectivity index (χ3n) is 1.25. The molecule has 0 radical (unpaired) electrons. The van der Waals surface area contributed by atoms with Gasteiger partial charge in [0, 0.05) is 0 Å². The number of benzene rings is 1. The summed E-state index contributed by atoms with van der Waals surface area (Å²) in [7, 11) is 0. The van der Waals surface area contributed by atoms with Crippen molar-refractivity contribution in [3.63, 3.8) is 0 Å². The molecule has 0 N–H and O–H groups in total. The van der Waals surface area contributed by atoms with Crippen molar-refractivity contribution in [2.24, 2.45) is 4.99 Å². The molecule has 0 fully saturated rings. The zero-order valence-corrected chi connectivity index (χ0v) is 8.97. The van der Waals surface area contributed by atoms with E-state index in [9.17, 15) is 4.79 Å². The third-order valence-corrected chi connectivity index (χ3v) is 2.80. The summed E-state index contributed by atoms with van der Waals surface area (Å²) in [6.45, 7) is 0. The molecule has 0 aliphatic carbocycles. The monoisotopic (exact) mass is 255 g/mol. The molecule has 0 bridgehead atoms. The Morgan fingerprint density at radius 3 is 1.92 bits per heavy atom. The van der Waals surface area contributed by atoms with E-state index in [1.165, 1.54) is 12.1 Å². The van der Waals surface area contributed by atoms with Gasteiger partial charge in [0.2, 0.25) is 6.08 Å². The van der Waals surface area contributed by atoms with Crippen LogP contribution in [-0.4, -0.2) is 6.08 Å². The Labute approximate surface area is 94.1 Å². The van der Waals surface area contributed by atoms with Gasteiger partial charge in [-0.05, 0) is 6.07 Å². The van der Waals surface area contributed by atoms with E-state index in [1.807, 2.05) is 0 Å². The van der Waals surface area contributed by atoms with Crippen molar-refractivity contribution in [2.75, 3.05) is 0 Å². The molecule has 6 heteroatoms. The highest BCUT2D eigenvalue weighted by Crippen LogP contribution is 2.42. The molecule has 68 valence electrons. The number of hydrogen-bond donors (Lipinski definition) is 0. The third kappa shape index (κ3) is 2.16. The van der Waals surface area contributed by atoms with Crippen molar-refractivity contribution in [1.82, 2.24) is 0 Å². The molecule has 0 aromatic heterocycles. The van der Waals surface area contributed by atoms with Gasteiger partial charge >= 0.3 is 0 Å². The predicted octanol–water partition coefficient (Wildman–Crippen LogP) is 4.27. The van der Waals surface area contributed by atoms with Crippen LogP contribution < -0.4 is 0 Å². The summed E-state index contributed by atoms with van der Waals surface area (Å²) < 4.78 is 0. The molecule has 0 unspecified atom stereocenters. The Bertz CT molecular complexity index is 372. The molecule has 1 rings (SSSR count). The minimum absolute atomic E-state index is 0.0378. The van der Waals surface area contributed by atoms with Crippen LogP contribution in [0.1, 0.15) is 0 Å². The number of aliphatic imine (C=N–C) groups is 1. The Morgan fingerprint density at radius 2 is 1.54 bits per heavy atom. The normalized spacial score (nSPS) is 9.54. The molecule has 0 heterocycles. The maximum Gasteiger partial charge on any atom is 0.240 e. The minimum Gasteiger partial charge on any atom is -0.211 e. The first-order valence-electron chi connectivity index (χ1n) is 2.98. The highest BCUT2D eigenvalue weighted by atomic mass is 35.5. The zero-order valence-electron chi connectivity index (χ0n) is 5.94. The summed E-state index contributed by atoms with van der Waals surface area (Å²) in [4.78, 5) is 13.3. The van der Waals surface area contributed by atoms with E-state index in [1.54, 1.807) is 0 Å². The van der Waals surface area contributed by atoms with Gasteiger partial charge in [-0.2, -0.15) is 4.99 Å². The second kappa shape index (κ2) is 4.32. The lowest BCUT2D eigenvalue weighted by Gasteiger charge is -2.03. The van der Waals surface area contributed by atoms with E-state index in [0.717, 1.165) is 0 Å². The lowest BCUT2D eigenvalue weighted by molar-refractivity contribution is 0.565. The Kier molecular flexibility index (Phi) is 3.60. The number of rotatable bonds is 1. The molecular formula is C7HCl4NO. The maximum absolute atomic E-state index is 10.0. The molecule has 0 atom stereocenters. The average Bonchev–Trinajstić information content (AvgIpc) is 2.09. The molecule has 0 spiro atoms. The van der Waals surface area contributed by atoms with Gasteiger partial charge in [0.05, 0.1) is 20.1 Å². The zero-order chi connectivity index (χ0) is 10.0. The molecular weight excluding hydrogens is 256 g/mol. The highest BCUT2D eigenvalue weighted by Gasteiger charge is 2.12. The largest absolute Gasteiger partial charge is 0.240 e. The number of nitrogens with zero attached hydrogens (tertiary/aromatic N) is 1. The Balaban J connectivity index is 3.55. The standard InChI is InChI=1S/C7HCl4NO/c8-3-1-4(9)6(11)7(5(3)10)12-2-13/h1H. The summed E-state index contributed by atoms with van der Waals surface area (Å²) in [5.74, 6) is 0. The summed E-state index contributed by atoms with van der Waals surface area (Å²) in [6.07, 6.45) is 1.31. The van der Waals surface area contributed by atoms with Crippen molar-refractivity contribution in [3.8, 4) is 0 Å². The number of carbonyl (C=O) groups excluding carboxylic acids is 1. The van der Waals surface area contributed by atoms with Gasteiger partial charge in [-0.1, -0.05) is 46.4 Å². The minimum atomic E-state index is 0.0378. The molecule has 0 aliphatic heterocycles. The van der Waals surface area contributed by atoms with Gasteiger partial charge in [0.15, 0.2) is 0 Å². The van der Waals surface area contributed by atoms with Gasteiger partial charge in [0.25, 0.3) is 0 Å². The van der Waals surface area contributed by atoms with Crippen LogP contribution >= 0.6 is 46.4 Å². The second-order valence-electron chi connectivity index (χ2n) is 2.02. The van der Waals surface area contributed by atoms with E-state index in [-0.39, 0.29) is 25.8 Å². The van der Waals surface area contributed by atoms with Crippen LogP contribution in [0.25, 0.3) is 0 Å². The molecule has 1 aromatic rings. The quantitative estimate of drug-likeness (QED) is 0.419. The summed E-state index contributed by atoms with van der Waals surface area (Å²) in [6, 6.07) is 1.37. The second-order valence-corrected chi connectivity index (χ2v) is 3.59. The molecule has 0 saturated carbocycles. The van der Waals surface area contributed by atoms with Crippen LogP contribution in [0, 0.1) is 0 Å². The first kappa shape index (κ1) is 10.8. The molecule has 1 aromatic carbocycles. The van der Waals surface area contributed by atoms with E-state index in [4.69, 9.17) is 46.4 Å². The molecule has 0 amide bonds. The van der Waals surface area contributed by atoms with E-state index < -0.39 is 0 Å². The van der Waals surface area contributed by atoms with Crippen LogP contribution in [0.2, 0.25) is 20.1 Å². The SMILES string of the molecule is O=C=Nc1c(Cl)c(Cl)cc(Cl)c1Cl. The number of hydrogen-bond acceptors (Lipinski definition) is 2. The first-order chi connectivity index (χ1) is 6.07. The van der Waals surface area contributed by atoms with Gasteiger partial charge in [0.1, 0.15) is 5.69 Å². The topological polar surface area (TPSA) is 29.4 Å². The summed E-state index contributed by atoms with van der Waals surface area (Å²) >= 11 is 22.7. The Hall–Kier alpha value is -0.240. The van der Waals surface area contributed by atoms with E-state index in [2.05, 4.69) is 4.99 Å². The van der Waals surface area contributed by atoms with Crippen LogP contribution in [0.4, 0.5) is 5.69 Å². The van der Waals surface area contributed by atoms with Gasteiger partial charge in [-0.25, -0.2) is 4.79 Å². The number of isocyanates is 1. The maximum atomic E-state index is 10.0. The fourth-order valence-electron chi connectivity index (χ4n) is 0.704. The predicted molar refractivity (Wildman–Crippen MR) is 54.3 cm³/mol. The van der Waals surface area contributed by atoms with Crippen LogP contribution in [0.3, 0.4) is 0 Å². The Morgan fingerprint density at radius 1 is 1.08 bits per heavy atom. The van der Waals surface area contributed by atoms with Crippen molar-refractivity contribution < 1.29 is 4.79 Å². The van der Waals surface area contributed by atoms with Gasteiger partial charge < -0.3 is 0 Å². The molecule has 13 heavy (non-hydrogen) atoms. The smallest absolute Gasteiger partial charge is 0.211 e. The molecule has 2 nitrogen and oxygen atoms in total. The van der Waals surface area contributed by atoms with Crippen LogP contribution in [0.15, 0.2) is 11.1 Å². The lowest BCUT2D eigenvalue weighted by Crippen LogP contribution is -1.76. The molecule has 0 aliphatic rings. The van der Waals surface area contributed by atoms with Crippen molar-refractivity contribution in [1.29, 1.82) is 0 Å². The average molecular weight is 257 g/mol. The van der Waals surface area contributed by atoms with E-state index in [0.29, 0.717) is 0 Å². The van der Waals surface area contributed by atoms with Gasteiger partial charge in [-0.15, -0.1) is 0 Å².